The van der Waals surface area contributed by atoms with Crippen molar-refractivity contribution in [2.24, 2.45) is 0 Å². The van der Waals surface area contributed by atoms with Crippen LogP contribution < -0.4 is 5.32 Å². The molecule has 2 nitrogen and oxygen atoms in total. The molecule has 0 saturated carbocycles. The monoisotopic (exact) mass is 395 g/mol. The van der Waals surface area contributed by atoms with Gasteiger partial charge in [-0.25, -0.2) is 0 Å². The van der Waals surface area contributed by atoms with Crippen LogP contribution in [0.4, 0.5) is 0 Å². The number of nitrogens with one attached hydrogen (secondary N) is 1. The molecule has 0 saturated heterocycles. The molecule has 0 bridgehead atoms. The van der Waals surface area contributed by atoms with Crippen LogP contribution in [-0.4, -0.2) is 12.5 Å². The van der Waals surface area contributed by atoms with E-state index in [9.17, 15) is 4.79 Å². The number of carbonyl (C=O) groups is 1. The molecule has 0 aliphatic carbocycles. The summed E-state index contributed by atoms with van der Waals surface area (Å²) in [5.41, 5.74) is 3.16. The summed E-state index contributed by atoms with van der Waals surface area (Å²) < 4.78 is 1.69. The molecule has 4 heteroatoms. The molecule has 0 aromatic heterocycles. The number of benzene rings is 2. The molecule has 1 amide bonds. The SMILES string of the molecule is Cc1ccccc1CCNC(=O)c1cc(Br)ccc1Br. The third-order valence-corrected chi connectivity index (χ3v) is 4.30. The molecule has 0 aliphatic heterocycles. The Hall–Kier alpha value is -1.13. The molecular weight excluding hydrogens is 382 g/mol. The van der Waals surface area contributed by atoms with Crippen LogP contribution in [0.1, 0.15) is 21.5 Å². The van der Waals surface area contributed by atoms with Crippen LogP contribution in [0, 0.1) is 6.92 Å². The van der Waals surface area contributed by atoms with Gasteiger partial charge in [-0.05, 0) is 58.6 Å². The lowest BCUT2D eigenvalue weighted by Crippen LogP contribution is -2.26. The molecule has 0 unspecified atom stereocenters. The third kappa shape index (κ3) is 3.93. The second-order valence-corrected chi connectivity index (χ2v) is 6.33. The van der Waals surface area contributed by atoms with Crippen molar-refractivity contribution in [1.82, 2.24) is 5.32 Å². The molecule has 2 rings (SSSR count). The normalized spacial score (nSPS) is 10.3. The topological polar surface area (TPSA) is 29.1 Å². The third-order valence-electron chi connectivity index (χ3n) is 3.11. The van der Waals surface area contributed by atoms with Crippen LogP contribution >= 0.6 is 31.9 Å². The summed E-state index contributed by atoms with van der Waals surface area (Å²) in [6.07, 6.45) is 0.837. The summed E-state index contributed by atoms with van der Waals surface area (Å²) in [6.45, 7) is 2.71. The first-order valence-electron chi connectivity index (χ1n) is 6.35. The molecular formula is C16H15Br2NO. The van der Waals surface area contributed by atoms with Gasteiger partial charge in [-0.3, -0.25) is 4.79 Å². The maximum Gasteiger partial charge on any atom is 0.252 e. The van der Waals surface area contributed by atoms with Crippen LogP contribution in [0.3, 0.4) is 0 Å². The molecule has 0 radical (unpaired) electrons. The highest BCUT2D eigenvalue weighted by atomic mass is 79.9. The van der Waals surface area contributed by atoms with Crippen LogP contribution in [0.25, 0.3) is 0 Å². The van der Waals surface area contributed by atoms with E-state index in [0.717, 1.165) is 15.4 Å². The highest BCUT2D eigenvalue weighted by Gasteiger charge is 2.10. The Morgan fingerprint density at radius 2 is 1.90 bits per heavy atom. The van der Waals surface area contributed by atoms with E-state index < -0.39 is 0 Å². The summed E-state index contributed by atoms with van der Waals surface area (Å²) in [4.78, 5) is 12.1. The van der Waals surface area contributed by atoms with Gasteiger partial charge in [0.15, 0.2) is 0 Å². The number of hydrogen-bond acceptors (Lipinski definition) is 1. The van der Waals surface area contributed by atoms with Crippen molar-refractivity contribution in [1.29, 1.82) is 0 Å². The number of hydrogen-bond donors (Lipinski definition) is 1. The van der Waals surface area contributed by atoms with Crippen LogP contribution in [-0.2, 0) is 6.42 Å². The standard InChI is InChI=1S/C16H15Br2NO/c1-11-4-2-3-5-12(11)8-9-19-16(20)14-10-13(17)6-7-15(14)18/h2-7,10H,8-9H2,1H3,(H,19,20). The maximum atomic E-state index is 12.1. The minimum absolute atomic E-state index is 0.0632. The second-order valence-electron chi connectivity index (χ2n) is 4.56. The highest BCUT2D eigenvalue weighted by molar-refractivity contribution is 9.11. The average Bonchev–Trinajstić information content (AvgIpc) is 2.43. The van der Waals surface area contributed by atoms with Gasteiger partial charge in [-0.2, -0.15) is 0 Å². The van der Waals surface area contributed by atoms with Crippen LogP contribution in [0.2, 0.25) is 0 Å². The van der Waals surface area contributed by atoms with E-state index in [-0.39, 0.29) is 5.91 Å². The lowest BCUT2D eigenvalue weighted by molar-refractivity contribution is 0.0953. The molecule has 0 spiro atoms. The van der Waals surface area contributed by atoms with Crippen LogP contribution in [0.5, 0.6) is 0 Å². The maximum absolute atomic E-state index is 12.1. The van der Waals surface area contributed by atoms with Crippen molar-refractivity contribution in [3.63, 3.8) is 0 Å². The number of carbonyl (C=O) groups excluding carboxylic acids is 1. The first-order valence-corrected chi connectivity index (χ1v) is 7.94. The summed E-state index contributed by atoms with van der Waals surface area (Å²) in [6, 6.07) is 13.8. The molecule has 0 atom stereocenters. The summed E-state index contributed by atoms with van der Waals surface area (Å²) in [7, 11) is 0. The molecule has 2 aromatic rings. The predicted molar refractivity (Wildman–Crippen MR) is 89.1 cm³/mol. The number of amides is 1. The zero-order valence-electron chi connectivity index (χ0n) is 11.1. The Labute approximate surface area is 135 Å². The number of aryl methyl sites for hydroxylation is 1. The van der Waals surface area contributed by atoms with E-state index in [0.29, 0.717) is 12.1 Å². The molecule has 0 fully saturated rings. The first kappa shape index (κ1) is 15.3. The largest absolute Gasteiger partial charge is 0.352 e. The van der Waals surface area contributed by atoms with E-state index in [2.05, 4.69) is 56.2 Å². The zero-order valence-corrected chi connectivity index (χ0v) is 14.3. The predicted octanol–water partition coefficient (Wildman–Crippen LogP) is 4.49. The van der Waals surface area contributed by atoms with Gasteiger partial charge in [0.05, 0.1) is 5.56 Å². The van der Waals surface area contributed by atoms with E-state index >= 15 is 0 Å². The van der Waals surface area contributed by atoms with Crippen molar-refractivity contribution >= 4 is 37.8 Å². The fourth-order valence-corrected chi connectivity index (χ4v) is 2.76. The van der Waals surface area contributed by atoms with Gasteiger partial charge < -0.3 is 5.32 Å². The number of halogens is 2. The lowest BCUT2D eigenvalue weighted by Gasteiger charge is -2.09. The quantitative estimate of drug-likeness (QED) is 0.810. The Kier molecular flexibility index (Phi) is 5.38. The Morgan fingerprint density at radius 1 is 1.15 bits per heavy atom. The fraction of sp³-hybridized carbons (Fsp3) is 0.188. The molecule has 1 N–H and O–H groups in total. The Morgan fingerprint density at radius 3 is 2.65 bits per heavy atom. The Bertz CT molecular complexity index is 626. The molecule has 0 heterocycles. The molecule has 0 aliphatic rings. The summed E-state index contributed by atoms with van der Waals surface area (Å²) >= 11 is 6.78. The molecule has 20 heavy (non-hydrogen) atoms. The average molecular weight is 397 g/mol. The van der Waals surface area contributed by atoms with Crippen molar-refractivity contribution < 1.29 is 4.79 Å². The van der Waals surface area contributed by atoms with Crippen molar-refractivity contribution in [3.05, 3.63) is 68.1 Å². The van der Waals surface area contributed by atoms with Gasteiger partial charge >= 0.3 is 0 Å². The molecule has 2 aromatic carbocycles. The van der Waals surface area contributed by atoms with Gasteiger partial charge in [-0.15, -0.1) is 0 Å². The summed E-state index contributed by atoms with van der Waals surface area (Å²) in [5, 5.41) is 2.95. The zero-order chi connectivity index (χ0) is 14.5. The van der Waals surface area contributed by atoms with E-state index in [1.54, 1.807) is 0 Å². The van der Waals surface area contributed by atoms with E-state index in [1.807, 2.05) is 30.3 Å². The minimum atomic E-state index is -0.0632. The smallest absolute Gasteiger partial charge is 0.252 e. The lowest BCUT2D eigenvalue weighted by atomic mass is 10.1. The van der Waals surface area contributed by atoms with Crippen molar-refractivity contribution in [2.75, 3.05) is 6.54 Å². The Balaban J connectivity index is 1.96. The molecule has 104 valence electrons. The van der Waals surface area contributed by atoms with Gasteiger partial charge in [0.25, 0.3) is 5.91 Å². The fourth-order valence-electron chi connectivity index (χ4n) is 1.97. The second kappa shape index (κ2) is 7.04. The number of rotatable bonds is 4. The highest BCUT2D eigenvalue weighted by Crippen LogP contribution is 2.21. The van der Waals surface area contributed by atoms with E-state index in [4.69, 9.17) is 0 Å². The first-order chi connectivity index (χ1) is 9.58. The van der Waals surface area contributed by atoms with Gasteiger partial charge in [0.1, 0.15) is 0 Å². The van der Waals surface area contributed by atoms with Gasteiger partial charge in [0, 0.05) is 15.5 Å². The minimum Gasteiger partial charge on any atom is -0.352 e. The van der Waals surface area contributed by atoms with E-state index in [1.165, 1.54) is 11.1 Å². The van der Waals surface area contributed by atoms with Gasteiger partial charge in [-0.1, -0.05) is 40.2 Å². The van der Waals surface area contributed by atoms with Crippen molar-refractivity contribution in [2.45, 2.75) is 13.3 Å². The van der Waals surface area contributed by atoms with Gasteiger partial charge in [0.2, 0.25) is 0 Å². The van der Waals surface area contributed by atoms with Crippen LogP contribution in [0.15, 0.2) is 51.4 Å². The summed E-state index contributed by atoms with van der Waals surface area (Å²) in [5.74, 6) is -0.0632. The van der Waals surface area contributed by atoms with Crippen molar-refractivity contribution in [3.8, 4) is 0 Å².